The van der Waals surface area contributed by atoms with Crippen LogP contribution < -0.4 is 10.5 Å². The zero-order chi connectivity index (χ0) is 34.1. The van der Waals surface area contributed by atoms with E-state index in [0.29, 0.717) is 24.8 Å². The summed E-state index contributed by atoms with van der Waals surface area (Å²) >= 11 is 0. The third-order valence-corrected chi connectivity index (χ3v) is 7.61. The zero-order valence-corrected chi connectivity index (χ0v) is 28.6. The minimum atomic E-state index is -4.02. The molecular formula is C36H46N2O7S. The lowest BCUT2D eigenvalue weighted by Crippen LogP contribution is -2.27. The standard InChI is InChI=1S/C29H38N2O4.C7H8O3S/c1-19(2)15-26-24(17-30)28(21-9-7-20(3)8-10-21)23-16-22(11-12-25(23)31-26)34-14-13-33-18-27(32)35-29(4,5)6;1-6-2-4-7(5-3-6)11(8,9)10/h7-12,16,19H,13-15,17-18,30H2,1-6H3;2-5H,1H3,(H,8,9,10). The van der Waals surface area contributed by atoms with Crippen molar-refractivity contribution in [1.29, 1.82) is 0 Å². The molecule has 46 heavy (non-hydrogen) atoms. The van der Waals surface area contributed by atoms with E-state index in [9.17, 15) is 13.2 Å². The van der Waals surface area contributed by atoms with Gasteiger partial charge in [0.1, 0.15) is 24.6 Å². The number of nitrogens with two attached hydrogens (primary N) is 1. The average Bonchev–Trinajstić information content (AvgIpc) is 2.96. The first kappa shape index (κ1) is 36.6. The molecule has 10 heteroatoms. The van der Waals surface area contributed by atoms with Crippen LogP contribution in [0.15, 0.2) is 71.6 Å². The van der Waals surface area contributed by atoms with Crippen LogP contribution in [0.2, 0.25) is 0 Å². The number of ether oxygens (including phenoxy) is 3. The lowest BCUT2D eigenvalue weighted by atomic mass is 9.91. The van der Waals surface area contributed by atoms with Crippen molar-refractivity contribution in [3.8, 4) is 16.9 Å². The van der Waals surface area contributed by atoms with Crippen LogP contribution in [0.3, 0.4) is 0 Å². The second-order valence-corrected chi connectivity index (χ2v) is 14.0. The van der Waals surface area contributed by atoms with Gasteiger partial charge in [-0.2, -0.15) is 8.42 Å². The Morgan fingerprint density at radius 1 is 0.935 bits per heavy atom. The summed E-state index contributed by atoms with van der Waals surface area (Å²) in [6.45, 7) is 14.7. The van der Waals surface area contributed by atoms with Gasteiger partial charge in [0.25, 0.3) is 10.1 Å². The number of nitrogens with zero attached hydrogens (tertiary/aromatic N) is 1. The quantitative estimate of drug-likeness (QED) is 0.101. The predicted octanol–water partition coefficient (Wildman–Crippen LogP) is 6.85. The largest absolute Gasteiger partial charge is 0.491 e. The van der Waals surface area contributed by atoms with E-state index in [1.165, 1.54) is 17.7 Å². The summed E-state index contributed by atoms with van der Waals surface area (Å²) in [4.78, 5) is 16.7. The van der Waals surface area contributed by atoms with Crippen molar-refractivity contribution < 1.29 is 32.0 Å². The van der Waals surface area contributed by atoms with Crippen LogP contribution in [-0.4, -0.2) is 49.3 Å². The van der Waals surface area contributed by atoms with Crippen molar-refractivity contribution in [3.05, 3.63) is 89.1 Å². The van der Waals surface area contributed by atoms with Gasteiger partial charge in [-0.3, -0.25) is 9.54 Å². The highest BCUT2D eigenvalue weighted by Crippen LogP contribution is 2.36. The zero-order valence-electron chi connectivity index (χ0n) is 27.8. The molecular weight excluding hydrogens is 604 g/mol. The Morgan fingerprint density at radius 2 is 1.54 bits per heavy atom. The average molecular weight is 651 g/mol. The van der Waals surface area contributed by atoms with Crippen LogP contribution in [0, 0.1) is 19.8 Å². The number of hydrogen-bond donors (Lipinski definition) is 2. The molecule has 0 bridgehead atoms. The number of hydrogen-bond acceptors (Lipinski definition) is 8. The number of aryl methyl sites for hydroxylation is 2. The fourth-order valence-electron chi connectivity index (χ4n) is 4.70. The normalized spacial score (nSPS) is 11.7. The van der Waals surface area contributed by atoms with Crippen LogP contribution >= 0.6 is 0 Å². The molecule has 4 rings (SSSR count). The third kappa shape index (κ3) is 11.2. The second kappa shape index (κ2) is 16.1. The highest BCUT2D eigenvalue weighted by atomic mass is 32.2. The Labute approximate surface area is 272 Å². The maximum absolute atomic E-state index is 11.8. The van der Waals surface area contributed by atoms with Gasteiger partial charge in [-0.25, -0.2) is 4.79 Å². The Balaban J connectivity index is 0.000000441. The molecule has 248 valence electrons. The van der Waals surface area contributed by atoms with Gasteiger partial charge < -0.3 is 19.9 Å². The molecule has 0 saturated heterocycles. The third-order valence-electron chi connectivity index (χ3n) is 6.74. The number of esters is 1. The molecule has 9 nitrogen and oxygen atoms in total. The van der Waals surface area contributed by atoms with Crippen molar-refractivity contribution >= 4 is 27.0 Å². The maximum Gasteiger partial charge on any atom is 0.332 e. The lowest BCUT2D eigenvalue weighted by Gasteiger charge is -2.19. The summed E-state index contributed by atoms with van der Waals surface area (Å²) < 4.78 is 46.2. The van der Waals surface area contributed by atoms with Crippen LogP contribution in [-0.2, 0) is 37.4 Å². The van der Waals surface area contributed by atoms with Crippen molar-refractivity contribution in [2.75, 3.05) is 19.8 Å². The van der Waals surface area contributed by atoms with Crippen LogP contribution in [0.5, 0.6) is 5.75 Å². The fraction of sp³-hybridized carbons (Fsp3) is 0.389. The van der Waals surface area contributed by atoms with Crippen LogP contribution in [0.1, 0.15) is 57.0 Å². The highest BCUT2D eigenvalue weighted by molar-refractivity contribution is 7.85. The Kier molecular flexibility index (Phi) is 12.8. The first-order valence-corrected chi connectivity index (χ1v) is 16.7. The molecule has 0 amide bonds. The molecule has 0 saturated carbocycles. The first-order chi connectivity index (χ1) is 21.6. The monoisotopic (exact) mass is 650 g/mol. The molecule has 0 fully saturated rings. The Morgan fingerprint density at radius 3 is 2.09 bits per heavy atom. The summed E-state index contributed by atoms with van der Waals surface area (Å²) in [7, 11) is -4.02. The van der Waals surface area contributed by atoms with Crippen molar-refractivity contribution in [2.24, 2.45) is 11.7 Å². The van der Waals surface area contributed by atoms with E-state index in [1.807, 2.05) is 45.9 Å². The van der Waals surface area contributed by atoms with Gasteiger partial charge in [0.2, 0.25) is 0 Å². The molecule has 1 aromatic heterocycles. The van der Waals surface area contributed by atoms with Gasteiger partial charge in [-0.05, 0) is 94.0 Å². The molecule has 3 aromatic carbocycles. The number of carbonyl (C=O) groups excluding carboxylic acids is 1. The van der Waals surface area contributed by atoms with E-state index in [0.717, 1.165) is 45.3 Å². The highest BCUT2D eigenvalue weighted by Gasteiger charge is 2.18. The summed E-state index contributed by atoms with van der Waals surface area (Å²) in [6, 6.07) is 20.4. The maximum atomic E-state index is 11.8. The molecule has 0 unspecified atom stereocenters. The number of benzene rings is 3. The topological polar surface area (TPSA) is 138 Å². The SMILES string of the molecule is Cc1ccc(-c2c(CN)c(CC(C)C)nc3ccc(OCCOCC(=O)OC(C)(C)C)cc23)cc1.Cc1ccc(S(=O)(=O)O)cc1. The lowest BCUT2D eigenvalue weighted by molar-refractivity contribution is -0.160. The van der Waals surface area contributed by atoms with E-state index in [-0.39, 0.29) is 24.1 Å². The summed E-state index contributed by atoms with van der Waals surface area (Å²) in [5.41, 5.74) is 13.2. The van der Waals surface area contributed by atoms with Crippen molar-refractivity contribution in [3.63, 3.8) is 0 Å². The summed E-state index contributed by atoms with van der Waals surface area (Å²) in [5, 5.41) is 1.01. The molecule has 3 N–H and O–H groups in total. The molecule has 0 spiro atoms. The number of carbonyl (C=O) groups is 1. The first-order valence-electron chi connectivity index (χ1n) is 15.3. The van der Waals surface area contributed by atoms with Gasteiger partial charge in [0.15, 0.2) is 0 Å². The van der Waals surface area contributed by atoms with Crippen molar-refractivity contribution in [1.82, 2.24) is 4.98 Å². The number of aromatic nitrogens is 1. The minimum absolute atomic E-state index is 0.0666. The predicted molar refractivity (Wildman–Crippen MR) is 182 cm³/mol. The van der Waals surface area contributed by atoms with Gasteiger partial charge in [-0.1, -0.05) is 61.4 Å². The number of rotatable bonds is 11. The number of pyridine rings is 1. The van der Waals surface area contributed by atoms with E-state index in [2.05, 4.69) is 45.0 Å². The van der Waals surface area contributed by atoms with Gasteiger partial charge >= 0.3 is 5.97 Å². The Bertz CT molecular complexity index is 1710. The Hall–Kier alpha value is -3.83. The van der Waals surface area contributed by atoms with E-state index in [4.69, 9.17) is 29.5 Å². The number of fused-ring (bicyclic) bond motifs is 1. The fourth-order valence-corrected chi connectivity index (χ4v) is 5.18. The summed E-state index contributed by atoms with van der Waals surface area (Å²) in [5.74, 6) is 0.802. The molecule has 0 aliphatic carbocycles. The van der Waals surface area contributed by atoms with E-state index >= 15 is 0 Å². The van der Waals surface area contributed by atoms with Gasteiger partial charge in [0, 0.05) is 17.6 Å². The van der Waals surface area contributed by atoms with Crippen LogP contribution in [0.25, 0.3) is 22.0 Å². The van der Waals surface area contributed by atoms with Gasteiger partial charge in [0.05, 0.1) is 17.0 Å². The van der Waals surface area contributed by atoms with Crippen molar-refractivity contribution in [2.45, 2.75) is 71.9 Å². The molecule has 0 radical (unpaired) electrons. The molecule has 4 aromatic rings. The van der Waals surface area contributed by atoms with Crippen LogP contribution in [0.4, 0.5) is 0 Å². The minimum Gasteiger partial charge on any atom is -0.491 e. The van der Waals surface area contributed by atoms with E-state index < -0.39 is 15.7 Å². The molecule has 1 heterocycles. The summed E-state index contributed by atoms with van der Waals surface area (Å²) in [6.07, 6.45) is 0.870. The van der Waals surface area contributed by atoms with Gasteiger partial charge in [-0.15, -0.1) is 0 Å². The second-order valence-electron chi connectivity index (χ2n) is 12.5. The molecule has 0 aliphatic rings. The smallest absolute Gasteiger partial charge is 0.332 e. The molecule has 0 atom stereocenters. The van der Waals surface area contributed by atoms with E-state index in [1.54, 1.807) is 12.1 Å². The molecule has 0 aliphatic heterocycles.